The highest BCUT2D eigenvalue weighted by Crippen LogP contribution is 2.30. The maximum atomic E-state index is 12.6. The smallest absolute Gasteiger partial charge is 0.252 e. The first-order chi connectivity index (χ1) is 13.0. The van der Waals surface area contributed by atoms with Crippen molar-refractivity contribution in [1.29, 1.82) is 0 Å². The first-order valence-corrected chi connectivity index (χ1v) is 10.7. The lowest BCUT2D eigenvalue weighted by Gasteiger charge is -2.27. The summed E-state index contributed by atoms with van der Waals surface area (Å²) in [5, 5.41) is 12.1. The SMILES string of the molecule is Cc1nc(CNC(=O)c2csc3c2CCN(Cc2c(C)noc2C)C3)cs1. The number of hydrogen-bond acceptors (Lipinski definition) is 7. The first kappa shape index (κ1) is 18.3. The van der Waals surface area contributed by atoms with E-state index in [-0.39, 0.29) is 5.91 Å². The summed E-state index contributed by atoms with van der Waals surface area (Å²) in [5.74, 6) is 0.888. The predicted octanol–water partition coefficient (Wildman–Crippen LogP) is 3.61. The van der Waals surface area contributed by atoms with Gasteiger partial charge in [-0.2, -0.15) is 0 Å². The maximum Gasteiger partial charge on any atom is 0.252 e. The molecule has 0 aliphatic carbocycles. The van der Waals surface area contributed by atoms with Gasteiger partial charge < -0.3 is 9.84 Å². The molecule has 1 N–H and O–H groups in total. The number of carbonyl (C=O) groups excluding carboxylic acids is 1. The van der Waals surface area contributed by atoms with Gasteiger partial charge in [0.2, 0.25) is 0 Å². The van der Waals surface area contributed by atoms with Gasteiger partial charge in [-0.1, -0.05) is 5.16 Å². The number of thiophene rings is 1. The van der Waals surface area contributed by atoms with E-state index in [4.69, 9.17) is 4.52 Å². The summed E-state index contributed by atoms with van der Waals surface area (Å²) in [6, 6.07) is 0. The molecule has 0 atom stereocenters. The minimum absolute atomic E-state index is 0.00248. The molecule has 8 heteroatoms. The summed E-state index contributed by atoms with van der Waals surface area (Å²) in [7, 11) is 0. The second-order valence-corrected chi connectivity index (χ2v) is 8.88. The van der Waals surface area contributed by atoms with Crippen molar-refractivity contribution in [2.75, 3.05) is 6.54 Å². The molecule has 0 aromatic carbocycles. The van der Waals surface area contributed by atoms with Crippen LogP contribution in [-0.4, -0.2) is 27.5 Å². The Morgan fingerprint density at radius 1 is 1.30 bits per heavy atom. The van der Waals surface area contributed by atoms with Crippen LogP contribution >= 0.6 is 22.7 Å². The fourth-order valence-electron chi connectivity index (χ4n) is 3.41. The van der Waals surface area contributed by atoms with E-state index < -0.39 is 0 Å². The van der Waals surface area contributed by atoms with Crippen LogP contribution in [0.15, 0.2) is 15.3 Å². The Morgan fingerprint density at radius 2 is 2.15 bits per heavy atom. The predicted molar refractivity (Wildman–Crippen MR) is 106 cm³/mol. The van der Waals surface area contributed by atoms with Crippen molar-refractivity contribution in [2.45, 2.75) is 46.8 Å². The Balaban J connectivity index is 1.41. The number of nitrogens with zero attached hydrogens (tertiary/aromatic N) is 3. The van der Waals surface area contributed by atoms with Gasteiger partial charge in [0.25, 0.3) is 5.91 Å². The molecule has 6 nitrogen and oxygen atoms in total. The van der Waals surface area contributed by atoms with Crippen LogP contribution in [0.5, 0.6) is 0 Å². The second-order valence-electron chi connectivity index (χ2n) is 6.86. The Labute approximate surface area is 166 Å². The zero-order valence-corrected chi connectivity index (χ0v) is 17.3. The van der Waals surface area contributed by atoms with Crippen molar-refractivity contribution in [3.8, 4) is 0 Å². The monoisotopic (exact) mass is 402 g/mol. The molecule has 0 spiro atoms. The molecule has 1 amide bonds. The summed E-state index contributed by atoms with van der Waals surface area (Å²) < 4.78 is 5.28. The molecule has 3 aromatic heterocycles. The molecule has 0 bridgehead atoms. The number of nitrogens with one attached hydrogen (secondary N) is 1. The summed E-state index contributed by atoms with van der Waals surface area (Å²) in [6.07, 6.45) is 0.890. The van der Waals surface area contributed by atoms with Crippen molar-refractivity contribution in [3.63, 3.8) is 0 Å². The van der Waals surface area contributed by atoms with Crippen molar-refractivity contribution in [2.24, 2.45) is 0 Å². The lowest BCUT2D eigenvalue weighted by Crippen LogP contribution is -2.31. The van der Waals surface area contributed by atoms with Crippen LogP contribution in [0.2, 0.25) is 0 Å². The van der Waals surface area contributed by atoms with Gasteiger partial charge in [0.05, 0.1) is 28.5 Å². The minimum Gasteiger partial charge on any atom is -0.361 e. The summed E-state index contributed by atoms with van der Waals surface area (Å²) in [6.45, 7) is 9.03. The number of carbonyl (C=O) groups is 1. The molecule has 1 aliphatic rings. The van der Waals surface area contributed by atoms with Gasteiger partial charge in [-0.15, -0.1) is 22.7 Å². The first-order valence-electron chi connectivity index (χ1n) is 8.94. The van der Waals surface area contributed by atoms with E-state index in [1.54, 1.807) is 22.7 Å². The van der Waals surface area contributed by atoms with E-state index in [1.807, 2.05) is 31.5 Å². The zero-order valence-electron chi connectivity index (χ0n) is 15.7. The molecule has 0 saturated carbocycles. The van der Waals surface area contributed by atoms with Crippen LogP contribution in [0.25, 0.3) is 0 Å². The number of thiazole rings is 1. The van der Waals surface area contributed by atoms with Crippen LogP contribution in [0, 0.1) is 20.8 Å². The molecular weight excluding hydrogens is 380 g/mol. The van der Waals surface area contributed by atoms with Crippen molar-refractivity contribution < 1.29 is 9.32 Å². The zero-order chi connectivity index (χ0) is 19.0. The molecule has 0 radical (unpaired) electrons. The topological polar surface area (TPSA) is 71.3 Å². The Kier molecular flexibility index (Phi) is 5.12. The standard InChI is InChI=1S/C19H22N4O2S2/c1-11-16(12(2)25-22-11)7-23-5-4-15-17(10-27-18(15)8-23)19(24)20-6-14-9-26-13(3)21-14/h9-10H,4-8H2,1-3H3,(H,20,24). The van der Waals surface area contributed by atoms with Crippen LogP contribution < -0.4 is 5.32 Å². The largest absolute Gasteiger partial charge is 0.361 e. The number of rotatable bonds is 5. The van der Waals surface area contributed by atoms with E-state index in [2.05, 4.69) is 20.4 Å². The summed E-state index contributed by atoms with van der Waals surface area (Å²) in [4.78, 5) is 20.7. The Bertz CT molecular complexity index is 953. The number of aromatic nitrogens is 2. The average molecular weight is 403 g/mol. The minimum atomic E-state index is -0.00248. The Morgan fingerprint density at radius 3 is 2.85 bits per heavy atom. The van der Waals surface area contributed by atoms with Gasteiger partial charge in [0, 0.05) is 40.8 Å². The molecule has 0 unspecified atom stereocenters. The third-order valence-electron chi connectivity index (χ3n) is 4.93. The number of fused-ring (bicyclic) bond motifs is 1. The molecule has 4 heterocycles. The van der Waals surface area contributed by atoms with Gasteiger partial charge in [0.15, 0.2) is 0 Å². The Hall–Kier alpha value is -2.03. The van der Waals surface area contributed by atoms with E-state index >= 15 is 0 Å². The van der Waals surface area contributed by atoms with Gasteiger partial charge in [0.1, 0.15) is 5.76 Å². The van der Waals surface area contributed by atoms with Crippen molar-refractivity contribution in [3.05, 3.63) is 54.5 Å². The fourth-order valence-corrected chi connectivity index (χ4v) is 5.15. The molecular formula is C19H22N4O2S2. The van der Waals surface area contributed by atoms with Gasteiger partial charge in [-0.3, -0.25) is 9.69 Å². The summed E-state index contributed by atoms with van der Waals surface area (Å²) >= 11 is 3.28. The van der Waals surface area contributed by atoms with Crippen molar-refractivity contribution >= 4 is 28.6 Å². The third kappa shape index (κ3) is 3.83. The van der Waals surface area contributed by atoms with Crippen LogP contribution in [0.1, 0.15) is 48.5 Å². The number of amides is 1. The van der Waals surface area contributed by atoms with Gasteiger partial charge in [-0.25, -0.2) is 4.98 Å². The van der Waals surface area contributed by atoms with Gasteiger partial charge >= 0.3 is 0 Å². The van der Waals surface area contributed by atoms with Crippen molar-refractivity contribution in [1.82, 2.24) is 20.4 Å². The molecule has 3 aromatic rings. The molecule has 142 valence electrons. The normalized spacial score (nSPS) is 14.3. The van der Waals surface area contributed by atoms with Crippen LogP contribution in [0.3, 0.4) is 0 Å². The lowest BCUT2D eigenvalue weighted by molar-refractivity contribution is 0.0949. The molecule has 0 saturated heterocycles. The quantitative estimate of drug-likeness (QED) is 0.706. The third-order valence-corrected chi connectivity index (χ3v) is 6.77. The van der Waals surface area contributed by atoms with E-state index in [0.717, 1.165) is 53.8 Å². The average Bonchev–Trinajstić information content (AvgIpc) is 3.34. The highest BCUT2D eigenvalue weighted by atomic mass is 32.1. The molecule has 27 heavy (non-hydrogen) atoms. The maximum absolute atomic E-state index is 12.6. The molecule has 1 aliphatic heterocycles. The summed E-state index contributed by atoms with van der Waals surface area (Å²) in [5.41, 5.74) is 5.06. The van der Waals surface area contributed by atoms with E-state index in [0.29, 0.717) is 6.54 Å². The highest BCUT2D eigenvalue weighted by Gasteiger charge is 2.25. The molecule has 0 fully saturated rings. The lowest BCUT2D eigenvalue weighted by atomic mass is 10.0. The van der Waals surface area contributed by atoms with E-state index in [1.165, 1.54) is 16.0 Å². The number of hydrogen-bond donors (Lipinski definition) is 1. The molecule has 4 rings (SSSR count). The highest BCUT2D eigenvalue weighted by molar-refractivity contribution is 7.10. The van der Waals surface area contributed by atoms with Crippen LogP contribution in [-0.2, 0) is 26.1 Å². The van der Waals surface area contributed by atoms with E-state index in [9.17, 15) is 4.79 Å². The number of aryl methyl sites for hydroxylation is 3. The van der Waals surface area contributed by atoms with Gasteiger partial charge in [-0.05, 0) is 32.8 Å². The second kappa shape index (κ2) is 7.53. The fraction of sp³-hybridized carbons (Fsp3) is 0.421. The van der Waals surface area contributed by atoms with Crippen LogP contribution in [0.4, 0.5) is 0 Å².